The lowest BCUT2D eigenvalue weighted by molar-refractivity contribution is -0.164. The standard InChI is InChI=1S/C9H15N3O2/c1-9(10)8(14)12-5-3-4-6(12)7(13)11(9)2/h6H,3-5,10H2,1-2H3. The first kappa shape index (κ1) is 9.45. The molecule has 0 radical (unpaired) electrons. The van der Waals surface area contributed by atoms with Gasteiger partial charge in [0.15, 0.2) is 5.66 Å². The summed E-state index contributed by atoms with van der Waals surface area (Å²) in [5.74, 6) is -0.172. The van der Waals surface area contributed by atoms with Crippen molar-refractivity contribution in [3.05, 3.63) is 0 Å². The van der Waals surface area contributed by atoms with Crippen LogP contribution in [0.25, 0.3) is 0 Å². The van der Waals surface area contributed by atoms with Crippen LogP contribution < -0.4 is 5.73 Å². The first-order valence-corrected chi connectivity index (χ1v) is 4.84. The molecule has 2 fully saturated rings. The van der Waals surface area contributed by atoms with Gasteiger partial charge in [-0.3, -0.25) is 9.59 Å². The van der Waals surface area contributed by atoms with Crippen LogP contribution in [-0.4, -0.2) is 46.9 Å². The molecule has 2 heterocycles. The SMILES string of the molecule is CN1C(=O)C2CCCN2C(=O)C1(C)N. The van der Waals surface area contributed by atoms with Crippen LogP contribution in [0.2, 0.25) is 0 Å². The second kappa shape index (κ2) is 2.70. The molecule has 0 aromatic rings. The lowest BCUT2D eigenvalue weighted by Crippen LogP contribution is -2.71. The average Bonchev–Trinajstić information content (AvgIpc) is 2.60. The van der Waals surface area contributed by atoms with Crippen molar-refractivity contribution >= 4 is 11.8 Å². The molecule has 2 aliphatic heterocycles. The summed E-state index contributed by atoms with van der Waals surface area (Å²) in [5.41, 5.74) is 4.66. The van der Waals surface area contributed by atoms with E-state index in [1.807, 2.05) is 0 Å². The van der Waals surface area contributed by atoms with E-state index in [1.165, 1.54) is 4.90 Å². The number of rotatable bonds is 0. The zero-order valence-corrected chi connectivity index (χ0v) is 8.49. The summed E-state index contributed by atoms with van der Waals surface area (Å²) in [6.45, 7) is 2.25. The molecule has 5 nitrogen and oxygen atoms in total. The Morgan fingerprint density at radius 3 is 2.79 bits per heavy atom. The molecule has 0 saturated carbocycles. The average molecular weight is 197 g/mol. The van der Waals surface area contributed by atoms with Gasteiger partial charge in [-0.15, -0.1) is 0 Å². The molecule has 2 unspecified atom stereocenters. The van der Waals surface area contributed by atoms with E-state index in [0.717, 1.165) is 12.8 Å². The van der Waals surface area contributed by atoms with Gasteiger partial charge in [0.05, 0.1) is 0 Å². The first-order chi connectivity index (χ1) is 6.46. The number of nitrogens with two attached hydrogens (primary N) is 1. The number of amides is 2. The van der Waals surface area contributed by atoms with E-state index in [2.05, 4.69) is 0 Å². The normalized spacial score (nSPS) is 37.8. The molecular weight excluding hydrogens is 182 g/mol. The Morgan fingerprint density at radius 1 is 1.50 bits per heavy atom. The Hall–Kier alpha value is -1.10. The van der Waals surface area contributed by atoms with Gasteiger partial charge in [0.2, 0.25) is 5.91 Å². The topological polar surface area (TPSA) is 66.6 Å². The van der Waals surface area contributed by atoms with Gasteiger partial charge < -0.3 is 15.5 Å². The molecule has 0 aromatic heterocycles. The molecule has 0 bridgehead atoms. The van der Waals surface area contributed by atoms with Crippen LogP contribution in [0.4, 0.5) is 0 Å². The van der Waals surface area contributed by atoms with Crippen molar-refractivity contribution in [3.8, 4) is 0 Å². The van der Waals surface area contributed by atoms with Gasteiger partial charge in [-0.2, -0.15) is 0 Å². The van der Waals surface area contributed by atoms with Crippen LogP contribution in [0.5, 0.6) is 0 Å². The third-order valence-electron chi connectivity index (χ3n) is 3.26. The van der Waals surface area contributed by atoms with Crippen LogP contribution in [0, 0.1) is 0 Å². The highest BCUT2D eigenvalue weighted by Gasteiger charge is 2.51. The summed E-state index contributed by atoms with van der Waals surface area (Å²) in [6, 6.07) is -0.260. The molecule has 78 valence electrons. The predicted molar refractivity (Wildman–Crippen MR) is 50.1 cm³/mol. The molecule has 2 atom stereocenters. The fraction of sp³-hybridized carbons (Fsp3) is 0.778. The minimum absolute atomic E-state index is 0.0351. The zero-order chi connectivity index (χ0) is 10.5. The fourth-order valence-electron chi connectivity index (χ4n) is 2.15. The Morgan fingerprint density at radius 2 is 2.14 bits per heavy atom. The van der Waals surface area contributed by atoms with E-state index in [-0.39, 0.29) is 17.9 Å². The van der Waals surface area contributed by atoms with E-state index >= 15 is 0 Å². The van der Waals surface area contributed by atoms with Crippen LogP contribution in [0.3, 0.4) is 0 Å². The first-order valence-electron chi connectivity index (χ1n) is 4.84. The summed E-state index contributed by atoms with van der Waals surface area (Å²) in [7, 11) is 1.59. The highest BCUT2D eigenvalue weighted by molar-refractivity contribution is 5.99. The van der Waals surface area contributed by atoms with Crippen molar-refractivity contribution in [1.82, 2.24) is 9.80 Å². The molecule has 0 spiro atoms. The van der Waals surface area contributed by atoms with Gasteiger partial charge in [0.1, 0.15) is 6.04 Å². The fourth-order valence-corrected chi connectivity index (χ4v) is 2.15. The van der Waals surface area contributed by atoms with Gasteiger partial charge >= 0.3 is 0 Å². The van der Waals surface area contributed by atoms with E-state index < -0.39 is 5.66 Å². The minimum atomic E-state index is -1.17. The van der Waals surface area contributed by atoms with Gasteiger partial charge in [-0.05, 0) is 19.8 Å². The summed E-state index contributed by atoms with van der Waals surface area (Å²) < 4.78 is 0. The number of hydrogen-bond donors (Lipinski definition) is 1. The number of likely N-dealkylation sites (N-methyl/N-ethyl adjacent to an activating group) is 1. The third-order valence-corrected chi connectivity index (χ3v) is 3.26. The summed E-state index contributed by atoms with van der Waals surface area (Å²) in [5, 5.41) is 0. The lowest BCUT2D eigenvalue weighted by Gasteiger charge is -2.44. The molecule has 2 rings (SSSR count). The van der Waals surface area contributed by atoms with Gasteiger partial charge in [-0.25, -0.2) is 0 Å². The Kier molecular flexibility index (Phi) is 1.82. The van der Waals surface area contributed by atoms with Crippen molar-refractivity contribution < 1.29 is 9.59 Å². The second-order valence-corrected chi connectivity index (χ2v) is 4.20. The third kappa shape index (κ3) is 0.987. The maximum atomic E-state index is 11.9. The van der Waals surface area contributed by atoms with Crippen molar-refractivity contribution in [1.29, 1.82) is 0 Å². The number of carbonyl (C=O) groups is 2. The summed E-state index contributed by atoms with van der Waals surface area (Å²) >= 11 is 0. The molecule has 0 aromatic carbocycles. The smallest absolute Gasteiger partial charge is 0.263 e. The molecule has 2 aliphatic rings. The van der Waals surface area contributed by atoms with Crippen LogP contribution in [-0.2, 0) is 9.59 Å². The van der Waals surface area contributed by atoms with Gasteiger partial charge in [-0.1, -0.05) is 0 Å². The Labute approximate surface area is 82.8 Å². The zero-order valence-electron chi connectivity index (χ0n) is 8.49. The van der Waals surface area contributed by atoms with Crippen molar-refractivity contribution in [2.75, 3.05) is 13.6 Å². The van der Waals surface area contributed by atoms with Crippen molar-refractivity contribution in [3.63, 3.8) is 0 Å². The van der Waals surface area contributed by atoms with E-state index in [0.29, 0.717) is 6.54 Å². The van der Waals surface area contributed by atoms with E-state index in [1.54, 1.807) is 18.9 Å². The monoisotopic (exact) mass is 197 g/mol. The Balaban J connectivity index is 2.37. The molecular formula is C9H15N3O2. The van der Waals surface area contributed by atoms with Gasteiger partial charge in [0, 0.05) is 13.6 Å². The molecule has 14 heavy (non-hydrogen) atoms. The number of hydrogen-bond acceptors (Lipinski definition) is 3. The number of fused-ring (bicyclic) bond motifs is 1. The molecule has 2 amide bonds. The highest BCUT2D eigenvalue weighted by Crippen LogP contribution is 2.28. The molecule has 2 saturated heterocycles. The number of nitrogens with zero attached hydrogens (tertiary/aromatic N) is 2. The maximum absolute atomic E-state index is 11.9. The lowest BCUT2D eigenvalue weighted by atomic mass is 10.0. The van der Waals surface area contributed by atoms with E-state index in [4.69, 9.17) is 5.73 Å². The van der Waals surface area contributed by atoms with Crippen LogP contribution in [0.1, 0.15) is 19.8 Å². The predicted octanol–water partition coefficient (Wildman–Crippen LogP) is -0.876. The van der Waals surface area contributed by atoms with Gasteiger partial charge in [0.25, 0.3) is 5.91 Å². The molecule has 2 N–H and O–H groups in total. The maximum Gasteiger partial charge on any atom is 0.263 e. The Bertz CT molecular complexity index is 296. The largest absolute Gasteiger partial charge is 0.327 e. The molecule has 5 heteroatoms. The van der Waals surface area contributed by atoms with Crippen LogP contribution in [0.15, 0.2) is 0 Å². The number of piperazine rings is 1. The summed E-state index contributed by atoms with van der Waals surface area (Å²) in [4.78, 5) is 26.7. The van der Waals surface area contributed by atoms with Crippen molar-refractivity contribution in [2.45, 2.75) is 31.5 Å². The summed E-state index contributed by atoms with van der Waals surface area (Å²) in [6.07, 6.45) is 1.66. The quantitative estimate of drug-likeness (QED) is 0.548. The number of carbonyl (C=O) groups excluding carboxylic acids is 2. The van der Waals surface area contributed by atoms with Crippen molar-refractivity contribution in [2.24, 2.45) is 5.73 Å². The van der Waals surface area contributed by atoms with Crippen LogP contribution >= 0.6 is 0 Å². The van der Waals surface area contributed by atoms with E-state index in [9.17, 15) is 9.59 Å². The minimum Gasteiger partial charge on any atom is -0.327 e. The highest BCUT2D eigenvalue weighted by atomic mass is 16.2. The molecule has 0 aliphatic carbocycles. The second-order valence-electron chi connectivity index (χ2n) is 4.20.